The van der Waals surface area contributed by atoms with Gasteiger partial charge in [-0.25, -0.2) is 19.9 Å². The average molecular weight is 1900 g/mol. The van der Waals surface area contributed by atoms with Gasteiger partial charge in [-0.15, -0.1) is 0 Å². The topological polar surface area (TPSA) is 167 Å². The van der Waals surface area contributed by atoms with E-state index in [0.29, 0.717) is 24.3 Å². The number of hydrogen-bond acceptors (Lipinski definition) is 8. The maximum Gasteiger partial charge on any atom is 0.311 e. The molecule has 12 nitrogen and oxygen atoms in total. The van der Waals surface area contributed by atoms with Crippen molar-refractivity contribution in [3.05, 3.63) is 245 Å². The Bertz CT molecular complexity index is 6410. The summed E-state index contributed by atoms with van der Waals surface area (Å²) in [6, 6.07) is 43.4. The van der Waals surface area contributed by atoms with Gasteiger partial charge in [0, 0.05) is 79.3 Å². The van der Waals surface area contributed by atoms with E-state index in [1.807, 2.05) is 24.3 Å². The number of nitrogens with one attached hydrogen (secondary N) is 4. The van der Waals surface area contributed by atoms with Crippen LogP contribution >= 0.6 is 0 Å². The van der Waals surface area contributed by atoms with Crippen LogP contribution in [-0.2, 0) is 48.1 Å². The van der Waals surface area contributed by atoms with Gasteiger partial charge in [0.2, 0.25) is 0 Å². The average Bonchev–Trinajstić information content (AvgIpc) is 1.60. The molecule has 28 bridgehead atoms. The predicted molar refractivity (Wildman–Crippen MR) is 601 cm³/mol. The molecule has 0 aliphatic carbocycles. The lowest BCUT2D eigenvalue weighted by atomic mass is 9.93. The molecule has 6 aromatic heterocycles. The van der Waals surface area contributed by atoms with E-state index in [0.717, 1.165) is 351 Å². The number of nitrogens with zero attached hydrogens (tertiary/aromatic N) is 4. The number of carbonyl (C=O) groups excluding carboxylic acids is 2. The maximum absolute atomic E-state index is 14.1. The zero-order chi connectivity index (χ0) is 99.7. The Hall–Kier alpha value is -11.9. The van der Waals surface area contributed by atoms with E-state index in [1.54, 1.807) is 0 Å². The molecule has 744 valence electrons. The monoisotopic (exact) mass is 1900 g/mol. The minimum absolute atomic E-state index is 0.156. The quantitative estimate of drug-likeness (QED) is 0.0127. The lowest BCUT2D eigenvalue weighted by Crippen LogP contribution is -2.14. The number of aryl methyl sites for hydroxylation is 8. The first kappa shape index (κ1) is 104. The number of allylic oxidation sites excluding steroid dienone is 8. The van der Waals surface area contributed by atoms with Crippen molar-refractivity contribution in [1.29, 1.82) is 0 Å². The molecule has 4 N–H and O–H groups in total. The van der Waals surface area contributed by atoms with Crippen LogP contribution in [-0.4, -0.2) is 51.8 Å². The Morgan fingerprint density at radius 1 is 0.282 bits per heavy atom. The van der Waals surface area contributed by atoms with Gasteiger partial charge in [-0.2, -0.15) is 0 Å². The van der Waals surface area contributed by atoms with Gasteiger partial charge in [-0.05, 0) is 354 Å². The number of carbonyl (C=O) groups is 2. The molecule has 0 atom stereocenters. The fraction of sp³-hybridized carbons (Fsp3) is 0.462. The fourth-order valence-electron chi connectivity index (χ4n) is 22.5. The van der Waals surface area contributed by atoms with Crippen LogP contribution in [0.5, 0.6) is 11.5 Å². The Morgan fingerprint density at radius 2 is 0.528 bits per heavy atom. The largest absolute Gasteiger partial charge is 0.427 e. The van der Waals surface area contributed by atoms with Crippen molar-refractivity contribution in [3.8, 4) is 57.4 Å². The second kappa shape index (κ2) is 50.9. The fourth-order valence-corrected chi connectivity index (χ4v) is 22.5. The van der Waals surface area contributed by atoms with Crippen LogP contribution in [0.4, 0.5) is 0 Å². The highest BCUT2D eigenvalue weighted by molar-refractivity contribution is 6.04. The third kappa shape index (κ3) is 24.9. The molecule has 27 rings (SSSR count). The van der Waals surface area contributed by atoms with Crippen molar-refractivity contribution in [2.45, 2.75) is 393 Å². The molecule has 17 aliphatic heterocycles. The molecule has 4 aromatic carbocycles. The van der Waals surface area contributed by atoms with Gasteiger partial charge in [0.1, 0.15) is 11.5 Å². The first-order valence-electron chi connectivity index (χ1n) is 55.5. The minimum Gasteiger partial charge on any atom is -0.427 e. The molecule has 23 heterocycles. The van der Waals surface area contributed by atoms with Crippen molar-refractivity contribution in [3.63, 3.8) is 0 Å². The van der Waals surface area contributed by atoms with E-state index in [4.69, 9.17) is 29.4 Å². The van der Waals surface area contributed by atoms with E-state index in [9.17, 15) is 9.59 Å². The van der Waals surface area contributed by atoms with Crippen LogP contribution in [0.2, 0.25) is 0 Å². The normalized spacial score (nSPS) is 13.5. The number of esters is 2. The number of aromatic nitrogens is 8. The number of aromatic amines is 4. The Balaban J connectivity index is 0.957. The highest BCUT2D eigenvalue weighted by Crippen LogP contribution is 2.48. The van der Waals surface area contributed by atoms with Crippen LogP contribution in [0.3, 0.4) is 0 Å². The van der Waals surface area contributed by atoms with Gasteiger partial charge in [-0.3, -0.25) is 9.59 Å². The molecule has 17 aliphatic rings. The molecule has 0 fully saturated rings. The van der Waals surface area contributed by atoms with Gasteiger partial charge < -0.3 is 29.4 Å². The van der Waals surface area contributed by atoms with Crippen LogP contribution in [0, 0.1) is 51.4 Å². The predicted octanol–water partition coefficient (Wildman–Crippen LogP) is 35.8. The number of rotatable bonds is 40. The number of ether oxygens (including phenoxy) is 2. The minimum atomic E-state index is -0.508. The van der Waals surface area contributed by atoms with Crippen molar-refractivity contribution in [2.24, 2.45) is 0 Å². The standard InChI is InChI=1S/C130H160N8O4/c1-17-25-33-41-53-101-85(9)123-109-79-95-65-73-99(74-66-95)141-119(139)77-78-120(140)142-100-75-67-96(68-76-100)80-110-125-87(11)103(55-43-35-27-19-3)113(133-125)83-117-107(59-47-39-31-23-7)91(15)129(137-117)122(130-92(16)108(60-48-40-32-24-8)118(138-130)84-114-104(56-44-36-28-20-4)88(12)126(110)134-114)98-71-63-94(64-72-98)52-50-49-51-93-61-69-97(70-62-93)121(127-89(13)105(57-45-37-29-21-5)115(135-127)81-111(101)131-123)128-90(14)106(58-46-38-30-22-6)116(136-128)82-112-102(54-42-34-26-18-2)86(10)124(109)132-112/h61-76,81-84,131,133,136,138H,17-48,53-60,77-80H2,1-16H3. The van der Waals surface area contributed by atoms with Crippen LogP contribution in [0.1, 0.15) is 451 Å². The Labute approximate surface area is 849 Å². The summed E-state index contributed by atoms with van der Waals surface area (Å²) in [6.07, 6.45) is 44.4. The summed E-state index contributed by atoms with van der Waals surface area (Å²) < 4.78 is 12.3. The molecule has 0 amide bonds. The summed E-state index contributed by atoms with van der Waals surface area (Å²) in [5.41, 5.74) is 47.6. The van der Waals surface area contributed by atoms with Crippen molar-refractivity contribution < 1.29 is 19.1 Å². The van der Waals surface area contributed by atoms with Gasteiger partial charge in [0.05, 0.1) is 69.4 Å². The van der Waals surface area contributed by atoms with E-state index in [-0.39, 0.29) is 12.8 Å². The Morgan fingerprint density at radius 3 is 0.803 bits per heavy atom. The zero-order valence-electron chi connectivity index (χ0n) is 89.1. The molecule has 0 saturated carbocycles. The van der Waals surface area contributed by atoms with Crippen LogP contribution < -0.4 is 9.47 Å². The third-order valence-corrected chi connectivity index (χ3v) is 31.0. The molecule has 0 spiro atoms. The summed E-state index contributed by atoms with van der Waals surface area (Å²) >= 11 is 0. The highest BCUT2D eigenvalue weighted by atomic mass is 16.5. The number of H-pyrrole nitrogens is 4. The number of unbranched alkanes of at least 4 members (excludes halogenated alkanes) is 24. The lowest BCUT2D eigenvalue weighted by molar-refractivity contribution is -0.140. The molecular weight excluding hydrogens is 1740 g/mol. The van der Waals surface area contributed by atoms with Gasteiger partial charge in [0.25, 0.3) is 0 Å². The second-order valence-electron chi connectivity index (χ2n) is 41.4. The molecule has 10 aromatic rings. The van der Waals surface area contributed by atoms with Crippen molar-refractivity contribution in [1.82, 2.24) is 39.9 Å². The molecule has 12 heteroatoms. The first-order valence-corrected chi connectivity index (χ1v) is 55.5. The van der Waals surface area contributed by atoms with Crippen molar-refractivity contribution >= 4 is 101 Å². The van der Waals surface area contributed by atoms with E-state index in [1.165, 1.54) is 140 Å². The summed E-state index contributed by atoms with van der Waals surface area (Å²) in [5.74, 6) is 13.6. The van der Waals surface area contributed by atoms with Crippen LogP contribution in [0.25, 0.3) is 111 Å². The van der Waals surface area contributed by atoms with Crippen LogP contribution in [0.15, 0.2) is 121 Å². The van der Waals surface area contributed by atoms with E-state index < -0.39 is 11.9 Å². The first-order chi connectivity index (χ1) is 69.3. The summed E-state index contributed by atoms with van der Waals surface area (Å²) in [7, 11) is 0. The third-order valence-electron chi connectivity index (χ3n) is 31.0. The molecule has 0 radical (unpaired) electrons. The van der Waals surface area contributed by atoms with E-state index >= 15 is 0 Å². The zero-order valence-corrected chi connectivity index (χ0v) is 89.1. The summed E-state index contributed by atoms with van der Waals surface area (Å²) in [5, 5.41) is 0. The summed E-state index contributed by atoms with van der Waals surface area (Å²) in [4.78, 5) is 69.2. The summed E-state index contributed by atoms with van der Waals surface area (Å²) in [6.45, 7) is 37.1. The Kier molecular flexibility index (Phi) is 37.4. The van der Waals surface area contributed by atoms with Gasteiger partial charge in [0.15, 0.2) is 0 Å². The van der Waals surface area contributed by atoms with Gasteiger partial charge in [-0.1, -0.05) is 270 Å². The smallest absolute Gasteiger partial charge is 0.311 e. The van der Waals surface area contributed by atoms with Crippen molar-refractivity contribution in [2.75, 3.05) is 0 Å². The maximum atomic E-state index is 14.1. The lowest BCUT2D eigenvalue weighted by Gasteiger charge is -2.10. The number of hydrogen-bond donors (Lipinski definition) is 4. The van der Waals surface area contributed by atoms with E-state index in [2.05, 4.69) is 251 Å². The molecule has 0 unspecified atom stereocenters. The van der Waals surface area contributed by atoms with Gasteiger partial charge >= 0.3 is 11.9 Å². The molecular formula is C130H160N8O4. The highest BCUT2D eigenvalue weighted by Gasteiger charge is 2.32. The second-order valence-corrected chi connectivity index (χ2v) is 41.4. The molecule has 0 saturated heterocycles. The molecule has 142 heavy (non-hydrogen) atoms. The SMILES string of the molecule is CCCCCCC1=C(C)c2nc1cc1[nH]c(c(C)c1CCCCCC)c1c3nc(cc4[nH]c(c(C)c4CCCCCC)c2Cc2ccc(cc2)OC(=O)CCC(=O)Oc2ccc(cc2)Cc2c4nc(cc5[nH]c(c(C)c5CCCCCC)c(c5nc(cc6[nH]c2c(C)c6CCCCCC)C(CCCCCC)=C5C)-c2ccc(cc2)C#CC#Cc2ccc-1cc2)C(CCCCCC)=C4C)C(CCCCCC)=C3C. The number of benzene rings is 4.